The Bertz CT molecular complexity index is 373. The third kappa shape index (κ3) is 3.14. The maximum absolute atomic E-state index is 12.4. The lowest BCUT2D eigenvalue weighted by atomic mass is 10.3. The van der Waals surface area contributed by atoms with Gasteiger partial charge in [-0.15, -0.1) is 0 Å². The van der Waals surface area contributed by atoms with Gasteiger partial charge in [-0.25, -0.2) is 4.98 Å². The SMILES string of the molecule is O=C(NCCc1cnc[nH]1)C(F)(F)C(F)(F)F. The molecule has 9 heteroatoms. The Kier molecular flexibility index (Phi) is 3.69. The Morgan fingerprint density at radius 3 is 2.47 bits per heavy atom. The minimum atomic E-state index is -5.88. The van der Waals surface area contributed by atoms with E-state index in [1.54, 1.807) is 0 Å². The first kappa shape index (κ1) is 13.4. The minimum absolute atomic E-state index is 0.0830. The van der Waals surface area contributed by atoms with Crippen molar-refractivity contribution in [2.24, 2.45) is 0 Å². The molecule has 0 fully saturated rings. The number of H-pyrrole nitrogens is 1. The van der Waals surface area contributed by atoms with Crippen molar-refractivity contribution >= 4 is 5.91 Å². The van der Waals surface area contributed by atoms with E-state index in [4.69, 9.17) is 0 Å². The van der Waals surface area contributed by atoms with Crippen LogP contribution >= 0.6 is 0 Å². The average molecular weight is 257 g/mol. The van der Waals surface area contributed by atoms with Crippen LogP contribution in [0.25, 0.3) is 0 Å². The summed E-state index contributed by atoms with van der Waals surface area (Å²) in [6.45, 7) is -0.341. The van der Waals surface area contributed by atoms with Crippen LogP contribution < -0.4 is 5.32 Å². The number of aromatic nitrogens is 2. The fourth-order valence-corrected chi connectivity index (χ4v) is 0.972. The third-order valence-corrected chi connectivity index (χ3v) is 1.88. The Hall–Kier alpha value is -1.67. The predicted octanol–water partition coefficient (Wildman–Crippen LogP) is 1.27. The Morgan fingerprint density at radius 2 is 2.00 bits per heavy atom. The summed E-state index contributed by atoms with van der Waals surface area (Å²) in [5, 5.41) is 1.51. The molecule has 0 aliphatic rings. The van der Waals surface area contributed by atoms with E-state index in [0.29, 0.717) is 5.69 Å². The second kappa shape index (κ2) is 4.68. The maximum atomic E-state index is 12.4. The van der Waals surface area contributed by atoms with Gasteiger partial charge in [-0.2, -0.15) is 22.0 Å². The topological polar surface area (TPSA) is 57.8 Å². The molecule has 1 aromatic rings. The number of nitrogens with one attached hydrogen (secondary N) is 2. The number of carbonyl (C=O) groups excluding carboxylic acids is 1. The molecule has 1 aromatic heterocycles. The molecule has 0 unspecified atom stereocenters. The summed E-state index contributed by atoms with van der Waals surface area (Å²) in [6, 6.07) is 0. The second-order valence-corrected chi connectivity index (χ2v) is 3.15. The fraction of sp³-hybridized carbons (Fsp3) is 0.500. The Morgan fingerprint density at radius 1 is 1.35 bits per heavy atom. The highest BCUT2D eigenvalue weighted by molar-refractivity contribution is 5.84. The maximum Gasteiger partial charge on any atom is 0.463 e. The first-order chi connectivity index (χ1) is 7.75. The molecule has 0 aromatic carbocycles. The summed E-state index contributed by atoms with van der Waals surface area (Å²) >= 11 is 0. The molecule has 96 valence electrons. The summed E-state index contributed by atoms with van der Waals surface area (Å²) in [6.07, 6.45) is -3.11. The zero-order valence-electron chi connectivity index (χ0n) is 8.31. The number of halogens is 5. The first-order valence-corrected chi connectivity index (χ1v) is 4.45. The molecular formula is C8H8F5N3O. The quantitative estimate of drug-likeness (QED) is 0.798. The molecule has 4 nitrogen and oxygen atoms in total. The van der Waals surface area contributed by atoms with E-state index in [-0.39, 0.29) is 13.0 Å². The van der Waals surface area contributed by atoms with Crippen LogP contribution in [0.4, 0.5) is 22.0 Å². The third-order valence-electron chi connectivity index (χ3n) is 1.88. The first-order valence-electron chi connectivity index (χ1n) is 4.45. The molecule has 17 heavy (non-hydrogen) atoms. The van der Waals surface area contributed by atoms with Crippen molar-refractivity contribution in [1.29, 1.82) is 0 Å². The van der Waals surface area contributed by atoms with E-state index in [1.165, 1.54) is 17.8 Å². The van der Waals surface area contributed by atoms with Gasteiger partial charge in [-0.1, -0.05) is 0 Å². The second-order valence-electron chi connectivity index (χ2n) is 3.15. The molecular weight excluding hydrogens is 249 g/mol. The van der Waals surface area contributed by atoms with Crippen molar-refractivity contribution in [3.05, 3.63) is 18.2 Å². The molecule has 0 aliphatic carbocycles. The van der Waals surface area contributed by atoms with Gasteiger partial charge in [-0.05, 0) is 0 Å². The Balaban J connectivity index is 2.45. The number of alkyl halides is 5. The number of rotatable bonds is 4. The molecule has 1 amide bonds. The van der Waals surface area contributed by atoms with Crippen LogP contribution in [0.5, 0.6) is 0 Å². The van der Waals surface area contributed by atoms with Crippen LogP contribution in [0, 0.1) is 0 Å². The van der Waals surface area contributed by atoms with E-state index in [1.807, 2.05) is 0 Å². The monoisotopic (exact) mass is 257 g/mol. The molecule has 0 aliphatic heterocycles. The predicted molar refractivity (Wildman–Crippen MR) is 46.3 cm³/mol. The van der Waals surface area contributed by atoms with Crippen LogP contribution in [-0.4, -0.2) is 34.5 Å². The molecule has 0 atom stereocenters. The van der Waals surface area contributed by atoms with Crippen molar-refractivity contribution < 1.29 is 26.7 Å². The van der Waals surface area contributed by atoms with Gasteiger partial charge in [-0.3, -0.25) is 4.79 Å². The van der Waals surface area contributed by atoms with E-state index >= 15 is 0 Å². The largest absolute Gasteiger partial charge is 0.463 e. The lowest BCUT2D eigenvalue weighted by Gasteiger charge is -2.18. The Labute approximate surface area is 92.2 Å². The van der Waals surface area contributed by atoms with Gasteiger partial charge in [0.1, 0.15) is 0 Å². The highest BCUT2D eigenvalue weighted by Crippen LogP contribution is 2.35. The highest BCUT2D eigenvalue weighted by Gasteiger charge is 2.63. The minimum Gasteiger partial charge on any atom is -0.350 e. The van der Waals surface area contributed by atoms with Gasteiger partial charge < -0.3 is 10.3 Å². The number of aromatic amines is 1. The van der Waals surface area contributed by atoms with E-state index in [2.05, 4.69) is 9.97 Å². The van der Waals surface area contributed by atoms with Crippen LogP contribution in [0.3, 0.4) is 0 Å². The molecule has 0 spiro atoms. The number of carbonyl (C=O) groups is 1. The average Bonchev–Trinajstić information content (AvgIpc) is 2.68. The smallest absolute Gasteiger partial charge is 0.350 e. The van der Waals surface area contributed by atoms with Crippen LogP contribution in [-0.2, 0) is 11.2 Å². The molecule has 2 N–H and O–H groups in total. The number of hydrogen-bond donors (Lipinski definition) is 2. The van der Waals surface area contributed by atoms with Crippen molar-refractivity contribution in [2.75, 3.05) is 6.54 Å². The summed E-state index contributed by atoms with van der Waals surface area (Å²) in [7, 11) is 0. The van der Waals surface area contributed by atoms with Crippen LogP contribution in [0.15, 0.2) is 12.5 Å². The number of nitrogens with zero attached hydrogens (tertiary/aromatic N) is 1. The van der Waals surface area contributed by atoms with E-state index in [0.717, 1.165) is 0 Å². The van der Waals surface area contributed by atoms with Gasteiger partial charge in [0.25, 0.3) is 5.91 Å². The summed E-state index contributed by atoms with van der Waals surface area (Å²) < 4.78 is 60.1. The zero-order chi connectivity index (χ0) is 13.1. The van der Waals surface area contributed by atoms with Gasteiger partial charge in [0.15, 0.2) is 0 Å². The molecule has 0 bridgehead atoms. The van der Waals surface area contributed by atoms with Gasteiger partial charge in [0.2, 0.25) is 0 Å². The van der Waals surface area contributed by atoms with Crippen molar-refractivity contribution in [3.8, 4) is 0 Å². The highest BCUT2D eigenvalue weighted by atomic mass is 19.4. The number of amides is 1. The van der Waals surface area contributed by atoms with Gasteiger partial charge in [0, 0.05) is 24.9 Å². The van der Waals surface area contributed by atoms with Crippen LogP contribution in [0.1, 0.15) is 5.69 Å². The van der Waals surface area contributed by atoms with Crippen molar-refractivity contribution in [3.63, 3.8) is 0 Å². The zero-order valence-corrected chi connectivity index (χ0v) is 8.31. The summed E-state index contributed by atoms with van der Waals surface area (Å²) in [5.41, 5.74) is 0.514. The van der Waals surface area contributed by atoms with Gasteiger partial charge in [0.05, 0.1) is 6.33 Å². The normalized spacial score (nSPS) is 12.5. The molecule has 1 heterocycles. The lowest BCUT2D eigenvalue weighted by molar-refractivity contribution is -0.269. The summed E-state index contributed by atoms with van der Waals surface area (Å²) in [5.74, 6) is -7.73. The van der Waals surface area contributed by atoms with Crippen LogP contribution in [0.2, 0.25) is 0 Å². The van der Waals surface area contributed by atoms with Crippen molar-refractivity contribution in [1.82, 2.24) is 15.3 Å². The standard InChI is InChI=1S/C8H8F5N3O/c9-7(10,8(11,12)13)6(17)15-2-1-5-3-14-4-16-5/h3-4H,1-2H2,(H,14,16)(H,15,17). The van der Waals surface area contributed by atoms with E-state index in [9.17, 15) is 26.7 Å². The molecule has 0 saturated heterocycles. The van der Waals surface area contributed by atoms with Crippen molar-refractivity contribution in [2.45, 2.75) is 18.5 Å². The molecule has 0 radical (unpaired) electrons. The molecule has 0 saturated carbocycles. The number of hydrogen-bond acceptors (Lipinski definition) is 2. The van der Waals surface area contributed by atoms with E-state index < -0.39 is 18.0 Å². The summed E-state index contributed by atoms with van der Waals surface area (Å²) in [4.78, 5) is 16.9. The van der Waals surface area contributed by atoms with Gasteiger partial charge >= 0.3 is 12.1 Å². The lowest BCUT2D eigenvalue weighted by Crippen LogP contribution is -2.50. The molecule has 1 rings (SSSR count). The number of imidazole rings is 1. The fourth-order valence-electron chi connectivity index (χ4n) is 0.972.